The predicted octanol–water partition coefficient (Wildman–Crippen LogP) is 2.78. The summed E-state index contributed by atoms with van der Waals surface area (Å²) in [6, 6.07) is 0.203. The number of carbonyl (C=O) groups is 2. The van der Waals surface area contributed by atoms with E-state index in [1.165, 1.54) is 0 Å². The third-order valence-electron chi connectivity index (χ3n) is 3.84. The zero-order valence-electron chi connectivity index (χ0n) is 11.4. The molecule has 2 atom stereocenters. The van der Waals surface area contributed by atoms with Crippen molar-refractivity contribution in [3.8, 4) is 0 Å². The minimum absolute atomic E-state index is 0.112. The average molecular weight is 239 g/mol. The molecule has 0 N–H and O–H groups in total. The lowest BCUT2D eigenvalue weighted by molar-refractivity contribution is -0.134. The molecule has 0 aliphatic carbocycles. The maximum absolute atomic E-state index is 11.9. The molecule has 3 heteroatoms. The van der Waals surface area contributed by atoms with E-state index in [4.69, 9.17) is 0 Å². The molecule has 0 spiro atoms. The van der Waals surface area contributed by atoms with Crippen LogP contribution in [0, 0.1) is 5.92 Å². The van der Waals surface area contributed by atoms with Gasteiger partial charge in [-0.15, -0.1) is 0 Å². The lowest BCUT2D eigenvalue weighted by Gasteiger charge is -2.30. The summed E-state index contributed by atoms with van der Waals surface area (Å²) in [4.78, 5) is 25.4. The molecule has 1 saturated heterocycles. The Morgan fingerprint density at radius 1 is 1.35 bits per heavy atom. The van der Waals surface area contributed by atoms with Crippen LogP contribution >= 0.6 is 0 Å². The smallest absolute Gasteiger partial charge is 0.222 e. The summed E-state index contributed by atoms with van der Waals surface area (Å²) < 4.78 is 0. The molecule has 0 aromatic carbocycles. The molecule has 0 saturated carbocycles. The quantitative estimate of drug-likeness (QED) is 0.740. The largest absolute Gasteiger partial charge is 0.340 e. The second-order valence-electron chi connectivity index (χ2n) is 5.20. The molecular formula is C14H25NO2. The number of carbonyl (C=O) groups excluding carboxylic acids is 2. The standard InChI is InChI=1S/C14H25NO2/c1-4-13(12(3)16)10-11(2)15-9-7-5-6-8-14(15)17/h11,13H,4-10H2,1-3H3. The Hall–Kier alpha value is -0.860. The molecular weight excluding hydrogens is 214 g/mol. The number of Topliss-reactive ketones (excluding diaryl/α,β-unsaturated/α-hetero) is 1. The van der Waals surface area contributed by atoms with Crippen molar-refractivity contribution >= 4 is 11.7 Å². The topological polar surface area (TPSA) is 37.4 Å². The van der Waals surface area contributed by atoms with Crippen LogP contribution in [0.25, 0.3) is 0 Å². The van der Waals surface area contributed by atoms with Crippen LogP contribution in [-0.2, 0) is 9.59 Å². The lowest BCUT2D eigenvalue weighted by atomic mass is 9.93. The minimum Gasteiger partial charge on any atom is -0.340 e. The Labute approximate surface area is 105 Å². The Morgan fingerprint density at radius 2 is 2.06 bits per heavy atom. The molecule has 1 aliphatic rings. The highest BCUT2D eigenvalue weighted by Crippen LogP contribution is 2.20. The number of hydrogen-bond acceptors (Lipinski definition) is 2. The van der Waals surface area contributed by atoms with Gasteiger partial charge in [-0.1, -0.05) is 13.3 Å². The van der Waals surface area contributed by atoms with Gasteiger partial charge in [-0.2, -0.15) is 0 Å². The highest BCUT2D eigenvalue weighted by atomic mass is 16.2. The zero-order chi connectivity index (χ0) is 12.8. The molecule has 0 aromatic rings. The van der Waals surface area contributed by atoms with E-state index in [2.05, 4.69) is 6.92 Å². The van der Waals surface area contributed by atoms with Gasteiger partial charge in [0.05, 0.1) is 0 Å². The molecule has 17 heavy (non-hydrogen) atoms. The van der Waals surface area contributed by atoms with Gasteiger partial charge in [0.15, 0.2) is 0 Å². The third kappa shape index (κ3) is 4.14. The fraction of sp³-hybridized carbons (Fsp3) is 0.857. The van der Waals surface area contributed by atoms with Crippen LogP contribution in [0.3, 0.4) is 0 Å². The monoisotopic (exact) mass is 239 g/mol. The van der Waals surface area contributed by atoms with Crippen molar-refractivity contribution in [3.63, 3.8) is 0 Å². The van der Waals surface area contributed by atoms with Gasteiger partial charge in [0, 0.05) is 24.9 Å². The number of hydrogen-bond donors (Lipinski definition) is 0. The highest BCUT2D eigenvalue weighted by Gasteiger charge is 2.25. The van der Waals surface area contributed by atoms with Crippen LogP contribution in [0.1, 0.15) is 59.3 Å². The van der Waals surface area contributed by atoms with Gasteiger partial charge >= 0.3 is 0 Å². The minimum atomic E-state index is 0.112. The first-order valence-corrected chi connectivity index (χ1v) is 6.86. The molecule has 98 valence electrons. The summed E-state index contributed by atoms with van der Waals surface area (Å²) in [6.45, 7) is 6.65. The first-order chi connectivity index (χ1) is 8.06. The van der Waals surface area contributed by atoms with Crippen LogP contribution in [0.2, 0.25) is 0 Å². The molecule has 1 rings (SSSR count). The van der Waals surface area contributed by atoms with Crippen molar-refractivity contribution in [2.45, 2.75) is 65.3 Å². The molecule has 2 unspecified atom stereocenters. The van der Waals surface area contributed by atoms with Crippen LogP contribution in [0.4, 0.5) is 0 Å². The normalized spacial score (nSPS) is 20.9. The average Bonchev–Trinajstić information content (AvgIpc) is 2.50. The molecule has 0 radical (unpaired) electrons. The summed E-state index contributed by atoms with van der Waals surface area (Å²) in [6.07, 6.45) is 5.65. The number of nitrogens with zero attached hydrogens (tertiary/aromatic N) is 1. The van der Waals surface area contributed by atoms with E-state index in [9.17, 15) is 9.59 Å². The first kappa shape index (κ1) is 14.2. The fourth-order valence-electron chi connectivity index (χ4n) is 2.63. The van der Waals surface area contributed by atoms with Crippen molar-refractivity contribution in [2.75, 3.05) is 6.54 Å². The maximum atomic E-state index is 11.9. The van der Waals surface area contributed by atoms with Crippen LogP contribution in [-0.4, -0.2) is 29.2 Å². The van der Waals surface area contributed by atoms with Gasteiger partial charge in [-0.3, -0.25) is 9.59 Å². The van der Waals surface area contributed by atoms with Crippen molar-refractivity contribution in [1.29, 1.82) is 0 Å². The number of amides is 1. The van der Waals surface area contributed by atoms with E-state index in [0.29, 0.717) is 6.42 Å². The second kappa shape index (κ2) is 6.77. The highest BCUT2D eigenvalue weighted by molar-refractivity contribution is 5.79. The van der Waals surface area contributed by atoms with Crippen LogP contribution < -0.4 is 0 Å². The van der Waals surface area contributed by atoms with Gasteiger partial charge in [-0.25, -0.2) is 0 Å². The van der Waals surface area contributed by atoms with E-state index in [1.54, 1.807) is 6.92 Å². The molecule has 3 nitrogen and oxygen atoms in total. The van der Waals surface area contributed by atoms with E-state index in [-0.39, 0.29) is 23.7 Å². The van der Waals surface area contributed by atoms with Crippen LogP contribution in [0.5, 0.6) is 0 Å². The Balaban J connectivity index is 2.57. The molecule has 1 amide bonds. The number of rotatable bonds is 5. The summed E-state index contributed by atoms with van der Waals surface area (Å²) in [5.74, 6) is 0.635. The van der Waals surface area contributed by atoms with Gasteiger partial charge in [-0.05, 0) is 39.5 Å². The van der Waals surface area contributed by atoms with Gasteiger partial charge in [0.25, 0.3) is 0 Å². The van der Waals surface area contributed by atoms with Gasteiger partial charge in [0.1, 0.15) is 5.78 Å². The molecule has 1 fully saturated rings. The second-order valence-corrected chi connectivity index (χ2v) is 5.20. The predicted molar refractivity (Wildman–Crippen MR) is 68.7 cm³/mol. The summed E-state index contributed by atoms with van der Waals surface area (Å²) in [5.41, 5.74) is 0. The summed E-state index contributed by atoms with van der Waals surface area (Å²) in [5, 5.41) is 0. The summed E-state index contributed by atoms with van der Waals surface area (Å²) >= 11 is 0. The number of likely N-dealkylation sites (tertiary alicyclic amines) is 1. The van der Waals surface area contributed by atoms with Crippen molar-refractivity contribution in [3.05, 3.63) is 0 Å². The maximum Gasteiger partial charge on any atom is 0.222 e. The van der Waals surface area contributed by atoms with Crippen molar-refractivity contribution in [2.24, 2.45) is 5.92 Å². The van der Waals surface area contributed by atoms with Crippen molar-refractivity contribution < 1.29 is 9.59 Å². The first-order valence-electron chi connectivity index (χ1n) is 6.86. The van der Waals surface area contributed by atoms with Crippen molar-refractivity contribution in [1.82, 2.24) is 4.90 Å². The van der Waals surface area contributed by atoms with Gasteiger partial charge < -0.3 is 4.90 Å². The molecule has 1 heterocycles. The fourth-order valence-corrected chi connectivity index (χ4v) is 2.63. The third-order valence-corrected chi connectivity index (χ3v) is 3.84. The van der Waals surface area contributed by atoms with E-state index >= 15 is 0 Å². The molecule has 0 aromatic heterocycles. The SMILES string of the molecule is CCC(CC(C)N1CCCCCC1=O)C(C)=O. The summed E-state index contributed by atoms with van der Waals surface area (Å²) in [7, 11) is 0. The van der Waals surface area contributed by atoms with E-state index < -0.39 is 0 Å². The molecule has 1 aliphatic heterocycles. The Kier molecular flexibility index (Phi) is 5.66. The molecule has 0 bridgehead atoms. The lowest BCUT2D eigenvalue weighted by Crippen LogP contribution is -2.39. The Bertz CT molecular complexity index is 275. The van der Waals surface area contributed by atoms with Crippen LogP contribution in [0.15, 0.2) is 0 Å². The number of ketones is 1. The Morgan fingerprint density at radius 3 is 2.65 bits per heavy atom. The zero-order valence-corrected chi connectivity index (χ0v) is 11.4. The van der Waals surface area contributed by atoms with E-state index in [1.807, 2.05) is 11.8 Å². The van der Waals surface area contributed by atoms with E-state index in [0.717, 1.165) is 38.6 Å². The van der Waals surface area contributed by atoms with Gasteiger partial charge in [0.2, 0.25) is 5.91 Å².